The van der Waals surface area contributed by atoms with Crippen molar-refractivity contribution in [3.8, 4) is 124 Å². The summed E-state index contributed by atoms with van der Waals surface area (Å²) in [5.41, 5.74) is 30.9. The summed E-state index contributed by atoms with van der Waals surface area (Å²) in [4.78, 5) is 32.5. The maximum atomic E-state index is 5.56. The van der Waals surface area contributed by atoms with Crippen LogP contribution >= 0.6 is 0 Å². The van der Waals surface area contributed by atoms with E-state index in [0.29, 0.717) is 34.9 Å². The summed E-state index contributed by atoms with van der Waals surface area (Å²) >= 11 is 0. The minimum Gasteiger partial charge on any atom is -0.309 e. The fourth-order valence-corrected chi connectivity index (χ4v) is 21.9. The Morgan fingerprint density at radius 3 is 1.02 bits per heavy atom. The van der Waals surface area contributed by atoms with Crippen molar-refractivity contribution in [1.29, 1.82) is 0 Å². The van der Waals surface area contributed by atoms with Gasteiger partial charge in [-0.15, -0.1) is 0 Å². The highest BCUT2D eigenvalue weighted by molar-refractivity contribution is 6.20. The van der Waals surface area contributed by atoms with Crippen molar-refractivity contribution in [3.05, 3.63) is 445 Å². The van der Waals surface area contributed by atoms with Gasteiger partial charge >= 0.3 is 0 Å². The molecule has 0 unspecified atom stereocenters. The number of hydrogen-bond donors (Lipinski definition) is 0. The summed E-state index contributed by atoms with van der Waals surface area (Å²) in [6.07, 6.45) is 0. The number of aromatic nitrogens is 8. The van der Waals surface area contributed by atoms with Gasteiger partial charge in [-0.3, -0.25) is 0 Å². The third kappa shape index (κ3) is 9.24. The lowest BCUT2D eigenvalue weighted by Gasteiger charge is -2.31. The number of nitrogens with zero attached hydrogens (tertiary/aromatic N) is 8. The second-order valence-electron chi connectivity index (χ2n) is 33.0. The average Bonchev–Trinajstić information content (AvgIpc) is 1.50. The van der Waals surface area contributed by atoms with E-state index in [2.05, 4.69) is 403 Å². The Labute approximate surface area is 701 Å². The van der Waals surface area contributed by atoms with Crippen molar-refractivity contribution in [2.24, 2.45) is 0 Å². The van der Waals surface area contributed by atoms with E-state index in [1.165, 1.54) is 104 Å². The van der Waals surface area contributed by atoms with Crippen molar-refractivity contribution < 1.29 is 0 Å². The Bertz CT molecular complexity index is 8370. The molecule has 0 saturated carbocycles. The normalized spacial score (nSPS) is 13.4. The van der Waals surface area contributed by atoms with Crippen LogP contribution in [0.15, 0.2) is 400 Å². The summed E-state index contributed by atoms with van der Waals surface area (Å²) in [7, 11) is 0. The molecule has 0 radical (unpaired) electrons. The summed E-state index contributed by atoms with van der Waals surface area (Å²) in [6, 6.07) is 146. The standard InChI is InChI=1S/C114H66N8/c1-3-20-74(21-4-1)107-116-111(120-112(119-107)87-32-19-39-96-106(87)86-31-8-12-34-91(86)113(96)92-35-15-22-70-46-47-71-23-16-36-93(113)103(71)102(70)92)79-58-63-101-89(65-79)85-30-10-14-41-99(85)122(101)81-59-54-68(55-60-81)67-42-50-75(51-43-67)108-115-109(118-110(117-108)78-57-62-100-88(64-78)84-29-9-13-40-98(84)121(100)80-26-5-2-6-27-80)76-52-44-69(45-53-76)77-56-61-83-82-28-7-11-33-90(82)114(97(83)66-77)94-37-17-24-72-48-49-73-25-18-38-95(114)105(73)104(72)94/h1-66H. The first-order valence-corrected chi connectivity index (χ1v) is 41.9. The molecule has 0 fully saturated rings. The van der Waals surface area contributed by atoms with Crippen LogP contribution in [0.3, 0.4) is 0 Å². The van der Waals surface area contributed by atoms with Gasteiger partial charge in [0.1, 0.15) is 0 Å². The molecule has 8 nitrogen and oxygen atoms in total. The lowest BCUT2D eigenvalue weighted by Crippen LogP contribution is -2.26. The van der Waals surface area contributed by atoms with Crippen LogP contribution in [0.1, 0.15) is 44.5 Å². The van der Waals surface area contributed by atoms with Gasteiger partial charge in [0.05, 0.1) is 32.9 Å². The second kappa shape index (κ2) is 25.2. The van der Waals surface area contributed by atoms with E-state index >= 15 is 0 Å². The predicted octanol–water partition coefficient (Wildman–Crippen LogP) is 27.6. The minimum atomic E-state index is -0.531. The predicted molar refractivity (Wildman–Crippen MR) is 497 cm³/mol. The zero-order chi connectivity index (χ0) is 79.6. The quantitative estimate of drug-likeness (QED) is 0.127. The molecule has 0 saturated heterocycles. The Morgan fingerprint density at radius 1 is 0.172 bits per heavy atom. The van der Waals surface area contributed by atoms with Crippen LogP contribution in [0, 0.1) is 0 Å². The number of para-hydroxylation sites is 3. The maximum Gasteiger partial charge on any atom is 0.164 e. The van der Waals surface area contributed by atoms with Gasteiger partial charge in [0, 0.05) is 66.3 Å². The van der Waals surface area contributed by atoms with Gasteiger partial charge < -0.3 is 9.13 Å². The molecule has 0 amide bonds. The molecule has 8 heteroatoms. The molecule has 4 aliphatic rings. The Balaban J connectivity index is 0.538. The third-order valence-electron chi connectivity index (χ3n) is 27.0. The molecule has 562 valence electrons. The van der Waals surface area contributed by atoms with Gasteiger partial charge in [-0.25, -0.2) is 29.9 Å². The molecule has 0 aliphatic heterocycles. The van der Waals surface area contributed by atoms with E-state index in [1.807, 2.05) is 6.07 Å². The van der Waals surface area contributed by atoms with Gasteiger partial charge in [0.25, 0.3) is 0 Å². The molecule has 4 aromatic heterocycles. The van der Waals surface area contributed by atoms with Crippen molar-refractivity contribution in [3.63, 3.8) is 0 Å². The van der Waals surface area contributed by atoms with Crippen molar-refractivity contribution in [2.75, 3.05) is 0 Å². The summed E-state index contributed by atoms with van der Waals surface area (Å²) in [5.74, 6) is 3.62. The lowest BCUT2D eigenvalue weighted by molar-refractivity contribution is 0.797. The molecule has 0 bridgehead atoms. The van der Waals surface area contributed by atoms with Crippen LogP contribution in [0.2, 0.25) is 0 Å². The monoisotopic (exact) mass is 1550 g/mol. The van der Waals surface area contributed by atoms with Crippen LogP contribution in [-0.2, 0) is 10.8 Å². The molecule has 0 N–H and O–H groups in total. The third-order valence-corrected chi connectivity index (χ3v) is 27.0. The number of rotatable bonds is 10. The van der Waals surface area contributed by atoms with Gasteiger partial charge in [0.2, 0.25) is 0 Å². The Hall–Kier alpha value is -16.2. The van der Waals surface area contributed by atoms with Crippen LogP contribution in [-0.4, -0.2) is 39.0 Å². The van der Waals surface area contributed by atoms with Crippen LogP contribution < -0.4 is 0 Å². The van der Waals surface area contributed by atoms with Crippen molar-refractivity contribution in [1.82, 2.24) is 39.0 Å². The summed E-state index contributed by atoms with van der Waals surface area (Å²) in [5, 5.41) is 14.9. The molecule has 122 heavy (non-hydrogen) atoms. The molecule has 19 aromatic carbocycles. The van der Waals surface area contributed by atoms with Crippen LogP contribution in [0.5, 0.6) is 0 Å². The highest BCUT2D eigenvalue weighted by Crippen LogP contribution is 2.65. The maximum absolute atomic E-state index is 5.56. The molecule has 23 aromatic rings. The molecular formula is C114H66N8. The van der Waals surface area contributed by atoms with E-state index in [-0.39, 0.29) is 0 Å². The Kier molecular flexibility index (Phi) is 13.8. The summed E-state index contributed by atoms with van der Waals surface area (Å²) < 4.78 is 4.72. The lowest BCUT2D eigenvalue weighted by atomic mass is 9.70. The van der Waals surface area contributed by atoms with Crippen LogP contribution in [0.4, 0.5) is 0 Å². The fraction of sp³-hybridized carbons (Fsp3) is 0.0175. The van der Waals surface area contributed by atoms with Gasteiger partial charge in [-0.05, 0) is 211 Å². The average molecular weight is 1550 g/mol. The highest BCUT2D eigenvalue weighted by Gasteiger charge is 2.53. The number of fused-ring (bicyclic) bond motifs is 20. The minimum absolute atomic E-state index is 0.460. The molecular weight excluding hydrogens is 1480 g/mol. The number of hydrogen-bond acceptors (Lipinski definition) is 6. The van der Waals surface area contributed by atoms with E-state index in [0.717, 1.165) is 116 Å². The highest BCUT2D eigenvalue weighted by atomic mass is 15.1. The van der Waals surface area contributed by atoms with E-state index in [4.69, 9.17) is 29.9 Å². The topological polar surface area (TPSA) is 87.2 Å². The molecule has 27 rings (SSSR count). The second-order valence-corrected chi connectivity index (χ2v) is 33.0. The van der Waals surface area contributed by atoms with Crippen molar-refractivity contribution in [2.45, 2.75) is 10.8 Å². The van der Waals surface area contributed by atoms with Gasteiger partial charge in [-0.2, -0.15) is 0 Å². The fourth-order valence-electron chi connectivity index (χ4n) is 21.9. The largest absolute Gasteiger partial charge is 0.309 e. The van der Waals surface area contributed by atoms with Crippen LogP contribution in [0.25, 0.3) is 211 Å². The Morgan fingerprint density at radius 2 is 0.500 bits per heavy atom. The van der Waals surface area contributed by atoms with E-state index < -0.39 is 10.8 Å². The first-order chi connectivity index (χ1) is 60.5. The molecule has 2 spiro atoms. The molecule has 4 aliphatic carbocycles. The smallest absolute Gasteiger partial charge is 0.164 e. The molecule has 4 heterocycles. The van der Waals surface area contributed by atoms with E-state index in [1.54, 1.807) is 0 Å². The first-order valence-electron chi connectivity index (χ1n) is 41.9. The van der Waals surface area contributed by atoms with Gasteiger partial charge in [0.15, 0.2) is 34.9 Å². The first kappa shape index (κ1) is 66.9. The van der Waals surface area contributed by atoms with E-state index in [9.17, 15) is 0 Å². The van der Waals surface area contributed by atoms with Gasteiger partial charge in [-0.1, -0.05) is 322 Å². The molecule has 0 atom stereocenters. The zero-order valence-corrected chi connectivity index (χ0v) is 65.7. The van der Waals surface area contributed by atoms with Crippen molar-refractivity contribution >= 4 is 86.7 Å². The summed E-state index contributed by atoms with van der Waals surface area (Å²) in [6.45, 7) is 0. The SMILES string of the molecule is c1ccc(-c2nc(-c3ccc4c(c3)c3ccccc3n4-c3ccc(-c4ccc(-c5nc(-c6ccc(-c7ccc8c(c7)C7(c9ccccc9-8)c8cccc9ccc%10cccc7c%10c89)cc6)nc(-c6ccc7c(c6)c6ccccc6n7-c6ccccc6)n5)cc4)cc3)nc(-c3cccc4c3-c3ccccc3C43c4cccc5ccc6cccc3c6c45)n2)cc1. The number of benzene rings is 19. The zero-order valence-electron chi connectivity index (χ0n) is 65.7.